The van der Waals surface area contributed by atoms with Crippen LogP contribution >= 0.6 is 11.6 Å². The number of carbonyl (C=O) groups excluding carboxylic acids is 1. The monoisotopic (exact) mass is 449 g/mol. The number of aromatic nitrogens is 3. The number of Topliss-reactive ketones (excluding diaryl/α,β-unsaturated/α-hetero) is 1. The van der Waals surface area contributed by atoms with Crippen molar-refractivity contribution in [2.75, 3.05) is 19.8 Å². The Hall–Kier alpha value is -2.58. The number of halogens is 3. The summed E-state index contributed by atoms with van der Waals surface area (Å²) in [5, 5.41) is 0.319. The van der Waals surface area contributed by atoms with Crippen LogP contribution in [0.25, 0.3) is 5.65 Å². The molecule has 4 heterocycles. The second kappa shape index (κ2) is 9.28. The molecule has 0 spiro atoms. The molecule has 0 aromatic carbocycles. The van der Waals surface area contributed by atoms with E-state index in [0.717, 1.165) is 18.5 Å². The molecule has 1 aliphatic heterocycles. The number of alkyl halides is 2. The molecule has 9 heteroatoms. The van der Waals surface area contributed by atoms with Gasteiger partial charge in [-0.1, -0.05) is 17.7 Å². The molecular weight excluding hydrogens is 428 g/mol. The Morgan fingerprint density at radius 1 is 1.29 bits per heavy atom. The fraction of sp³-hybridized carbons (Fsp3) is 0.409. The lowest BCUT2D eigenvalue weighted by atomic mass is 9.97. The molecule has 1 saturated heterocycles. The molecule has 31 heavy (non-hydrogen) atoms. The smallest absolute Gasteiger partial charge is 0.280 e. The largest absolute Gasteiger partial charge is 0.492 e. The van der Waals surface area contributed by atoms with Crippen LogP contribution in [0.5, 0.6) is 5.75 Å². The Bertz CT molecular complexity index is 1100. The van der Waals surface area contributed by atoms with Gasteiger partial charge in [0.05, 0.1) is 12.3 Å². The fourth-order valence-electron chi connectivity index (χ4n) is 3.75. The summed E-state index contributed by atoms with van der Waals surface area (Å²) >= 11 is 6.61. The number of pyridine rings is 2. The van der Waals surface area contributed by atoms with Gasteiger partial charge in [0.1, 0.15) is 22.2 Å². The minimum atomic E-state index is -2.74. The van der Waals surface area contributed by atoms with Gasteiger partial charge in [-0.3, -0.25) is 4.79 Å². The van der Waals surface area contributed by atoms with Crippen LogP contribution in [0.1, 0.15) is 59.5 Å². The van der Waals surface area contributed by atoms with Gasteiger partial charge in [-0.25, -0.2) is 18.7 Å². The van der Waals surface area contributed by atoms with Gasteiger partial charge in [-0.15, -0.1) is 0 Å². The number of rotatable bonds is 7. The molecule has 0 amide bonds. The summed E-state index contributed by atoms with van der Waals surface area (Å²) in [5.41, 5.74) is 1.57. The van der Waals surface area contributed by atoms with Gasteiger partial charge in [-0.05, 0) is 31.9 Å². The van der Waals surface area contributed by atoms with Crippen LogP contribution in [0, 0.1) is 0 Å². The van der Waals surface area contributed by atoms with Gasteiger partial charge in [0, 0.05) is 43.5 Å². The molecule has 6 nitrogen and oxygen atoms in total. The lowest BCUT2D eigenvalue weighted by Gasteiger charge is -2.19. The van der Waals surface area contributed by atoms with E-state index in [0.29, 0.717) is 41.8 Å². The summed E-state index contributed by atoms with van der Waals surface area (Å²) in [6.07, 6.45) is 2.62. The highest BCUT2D eigenvalue weighted by Gasteiger charge is 2.23. The second-order valence-electron chi connectivity index (χ2n) is 7.36. The van der Waals surface area contributed by atoms with E-state index in [1.165, 1.54) is 18.2 Å². The van der Waals surface area contributed by atoms with Crippen molar-refractivity contribution in [2.24, 2.45) is 0 Å². The van der Waals surface area contributed by atoms with Gasteiger partial charge in [-0.2, -0.15) is 0 Å². The van der Waals surface area contributed by atoms with E-state index in [2.05, 4.69) is 4.98 Å². The molecule has 3 aromatic rings. The minimum absolute atomic E-state index is 0.0232. The molecule has 164 valence electrons. The first-order valence-corrected chi connectivity index (χ1v) is 10.5. The Labute approximate surface area is 183 Å². The molecule has 0 bridgehead atoms. The summed E-state index contributed by atoms with van der Waals surface area (Å²) in [7, 11) is 0. The number of ether oxygens (including phenoxy) is 2. The van der Waals surface area contributed by atoms with Crippen LogP contribution in [-0.4, -0.2) is 40.0 Å². The summed E-state index contributed by atoms with van der Waals surface area (Å²) < 4.78 is 38.9. The molecule has 0 atom stereocenters. The van der Waals surface area contributed by atoms with E-state index >= 15 is 0 Å². The Morgan fingerprint density at radius 3 is 2.77 bits per heavy atom. The zero-order valence-electron chi connectivity index (χ0n) is 17.0. The van der Waals surface area contributed by atoms with Crippen LogP contribution < -0.4 is 4.74 Å². The number of hydrogen-bond acceptors (Lipinski definition) is 5. The van der Waals surface area contributed by atoms with Crippen LogP contribution in [0.2, 0.25) is 5.02 Å². The zero-order chi connectivity index (χ0) is 22.0. The highest BCUT2D eigenvalue weighted by molar-refractivity contribution is 6.35. The number of imidazole rings is 1. The predicted octanol–water partition coefficient (Wildman–Crippen LogP) is 5.04. The summed E-state index contributed by atoms with van der Waals surface area (Å²) in [4.78, 5) is 21.3. The standard InChI is InChI=1S/C22H22ClF2N3O3/c1-2-31-20-14(10-18(29)15-4-3-5-16(26-15)21(24)25)11-28-12-17(27-22(28)19(20)23)13-6-8-30-9-7-13/h3-5,11-13,21H,2,6-10H2,1H3. The normalized spacial score (nSPS) is 15.0. The van der Waals surface area contributed by atoms with E-state index in [4.69, 9.17) is 26.1 Å². The maximum Gasteiger partial charge on any atom is 0.280 e. The third-order valence-electron chi connectivity index (χ3n) is 5.29. The number of nitrogens with zero attached hydrogens (tertiary/aromatic N) is 3. The molecular formula is C22H22ClF2N3O3. The summed E-state index contributed by atoms with van der Waals surface area (Å²) in [6.45, 7) is 3.56. The van der Waals surface area contributed by atoms with E-state index in [1.54, 1.807) is 10.6 Å². The fourth-order valence-corrected chi connectivity index (χ4v) is 4.07. The Morgan fingerprint density at radius 2 is 2.06 bits per heavy atom. The van der Waals surface area contributed by atoms with Crippen molar-refractivity contribution in [3.8, 4) is 5.75 Å². The predicted molar refractivity (Wildman–Crippen MR) is 111 cm³/mol. The average molecular weight is 450 g/mol. The zero-order valence-corrected chi connectivity index (χ0v) is 17.7. The van der Waals surface area contributed by atoms with Gasteiger partial charge in [0.2, 0.25) is 0 Å². The molecule has 1 aliphatic rings. The molecule has 0 aliphatic carbocycles. The maximum absolute atomic E-state index is 13.0. The highest BCUT2D eigenvalue weighted by Crippen LogP contribution is 2.35. The summed E-state index contributed by atoms with van der Waals surface area (Å²) in [5.74, 6) is 0.259. The molecule has 0 radical (unpaired) electrons. The highest BCUT2D eigenvalue weighted by atomic mass is 35.5. The number of hydrogen-bond donors (Lipinski definition) is 0. The van der Waals surface area contributed by atoms with Crippen LogP contribution in [0.4, 0.5) is 8.78 Å². The average Bonchev–Trinajstić information content (AvgIpc) is 3.21. The molecule has 0 saturated carbocycles. The topological polar surface area (TPSA) is 65.7 Å². The van der Waals surface area contributed by atoms with Gasteiger partial charge >= 0.3 is 0 Å². The first kappa shape index (κ1) is 21.6. The van der Waals surface area contributed by atoms with Gasteiger partial charge in [0.25, 0.3) is 6.43 Å². The first-order valence-electron chi connectivity index (χ1n) is 10.2. The quantitative estimate of drug-likeness (QED) is 0.473. The van der Waals surface area contributed by atoms with Gasteiger partial charge < -0.3 is 13.9 Å². The van der Waals surface area contributed by atoms with Crippen molar-refractivity contribution in [2.45, 2.75) is 38.5 Å². The maximum atomic E-state index is 13.0. The van der Waals surface area contributed by atoms with E-state index in [9.17, 15) is 13.6 Å². The lowest BCUT2D eigenvalue weighted by Crippen LogP contribution is -2.14. The Balaban J connectivity index is 1.69. The first-order chi connectivity index (χ1) is 15.0. The minimum Gasteiger partial charge on any atom is -0.492 e. The van der Waals surface area contributed by atoms with Crippen molar-refractivity contribution >= 4 is 23.0 Å². The molecule has 0 N–H and O–H groups in total. The summed E-state index contributed by atoms with van der Waals surface area (Å²) in [6, 6.07) is 4.02. The SMILES string of the molecule is CCOc1c(CC(=O)c2cccc(C(F)F)n2)cn2cc(C3CCOCC3)nc2c1Cl. The third kappa shape index (κ3) is 4.55. The molecule has 1 fully saturated rings. The molecule has 0 unspecified atom stereocenters. The lowest BCUT2D eigenvalue weighted by molar-refractivity contribution is 0.0846. The van der Waals surface area contributed by atoms with Crippen LogP contribution in [-0.2, 0) is 11.2 Å². The molecule has 4 rings (SSSR count). The van der Waals surface area contributed by atoms with E-state index < -0.39 is 17.9 Å². The van der Waals surface area contributed by atoms with Crippen molar-refractivity contribution in [1.29, 1.82) is 0 Å². The number of ketones is 1. The van der Waals surface area contributed by atoms with Crippen LogP contribution in [0.15, 0.2) is 30.6 Å². The number of fused-ring (bicyclic) bond motifs is 1. The second-order valence-corrected chi connectivity index (χ2v) is 7.74. The van der Waals surface area contributed by atoms with Crippen molar-refractivity contribution in [1.82, 2.24) is 14.4 Å². The third-order valence-corrected chi connectivity index (χ3v) is 5.63. The van der Waals surface area contributed by atoms with Gasteiger partial charge in [0.15, 0.2) is 11.4 Å². The van der Waals surface area contributed by atoms with Crippen molar-refractivity contribution in [3.63, 3.8) is 0 Å². The number of carbonyl (C=O) groups is 1. The van der Waals surface area contributed by atoms with E-state index in [1.807, 2.05) is 13.1 Å². The van der Waals surface area contributed by atoms with Crippen molar-refractivity contribution in [3.05, 3.63) is 58.3 Å². The molecule has 3 aromatic heterocycles. The van der Waals surface area contributed by atoms with Crippen LogP contribution in [0.3, 0.4) is 0 Å². The van der Waals surface area contributed by atoms with Crippen molar-refractivity contribution < 1.29 is 23.0 Å². The Kier molecular flexibility index (Phi) is 6.48. The van der Waals surface area contributed by atoms with E-state index in [-0.39, 0.29) is 18.0 Å².